The van der Waals surface area contributed by atoms with E-state index in [4.69, 9.17) is 23.2 Å². The van der Waals surface area contributed by atoms with Gasteiger partial charge in [0.25, 0.3) is 0 Å². The number of primary amides is 2. The highest BCUT2D eigenvalue weighted by molar-refractivity contribution is 5.97. The number of aromatic hydroxyl groups is 3. The van der Waals surface area contributed by atoms with Crippen LogP contribution in [-0.4, -0.2) is 27.4 Å². The Morgan fingerprint density at radius 1 is 0.842 bits per heavy atom. The molecule has 1 aromatic rings. The first-order chi connectivity index (χ1) is 8.68. The number of hydrazine groups is 2. The zero-order valence-electron chi connectivity index (χ0n) is 9.44. The zero-order chi connectivity index (χ0) is 14.9. The van der Waals surface area contributed by atoms with Crippen molar-refractivity contribution in [1.82, 2.24) is 0 Å². The van der Waals surface area contributed by atoms with Gasteiger partial charge in [0, 0.05) is 0 Å². The number of nitrogens with two attached hydrogens (primary N) is 4. The van der Waals surface area contributed by atoms with Crippen LogP contribution in [0, 0.1) is 0 Å². The molecular formula is C8H12N6O5. The van der Waals surface area contributed by atoms with Crippen LogP contribution in [0.15, 0.2) is 6.07 Å². The molecule has 19 heavy (non-hydrogen) atoms. The number of nitrogens with zero attached hydrogens (tertiary/aromatic N) is 2. The van der Waals surface area contributed by atoms with Gasteiger partial charge in [-0.25, -0.2) is 31.3 Å². The van der Waals surface area contributed by atoms with Crippen molar-refractivity contribution in [3.05, 3.63) is 6.07 Å². The minimum atomic E-state index is -1.17. The van der Waals surface area contributed by atoms with Gasteiger partial charge in [-0.05, 0) is 6.07 Å². The highest BCUT2D eigenvalue weighted by atomic mass is 16.3. The molecule has 0 spiro atoms. The van der Waals surface area contributed by atoms with Crippen LogP contribution < -0.4 is 33.2 Å². The predicted molar refractivity (Wildman–Crippen MR) is 63.9 cm³/mol. The summed E-state index contributed by atoms with van der Waals surface area (Å²) < 4.78 is 0. The third-order valence-corrected chi connectivity index (χ3v) is 2.20. The van der Waals surface area contributed by atoms with E-state index in [0.29, 0.717) is 0 Å². The van der Waals surface area contributed by atoms with Gasteiger partial charge >= 0.3 is 12.1 Å². The molecule has 4 amide bonds. The lowest BCUT2D eigenvalue weighted by Crippen LogP contribution is -2.43. The van der Waals surface area contributed by atoms with Crippen LogP contribution in [-0.2, 0) is 0 Å². The highest BCUT2D eigenvalue weighted by Gasteiger charge is 2.25. The lowest BCUT2D eigenvalue weighted by Gasteiger charge is -2.21. The number of anilines is 2. The second-order valence-corrected chi connectivity index (χ2v) is 3.38. The second-order valence-electron chi connectivity index (χ2n) is 3.38. The molecule has 0 aliphatic carbocycles. The van der Waals surface area contributed by atoms with Crippen molar-refractivity contribution in [2.75, 3.05) is 10.0 Å². The lowest BCUT2D eigenvalue weighted by atomic mass is 10.2. The van der Waals surface area contributed by atoms with E-state index < -0.39 is 40.7 Å². The predicted octanol–water partition coefficient (Wildman–Crippen LogP) is -1.68. The monoisotopic (exact) mass is 272 g/mol. The molecule has 0 saturated heterocycles. The average Bonchev–Trinajstić information content (AvgIpc) is 2.34. The van der Waals surface area contributed by atoms with E-state index in [1.54, 1.807) is 0 Å². The van der Waals surface area contributed by atoms with Gasteiger partial charge in [0.15, 0.2) is 11.5 Å². The van der Waals surface area contributed by atoms with Crippen molar-refractivity contribution in [2.45, 2.75) is 0 Å². The van der Waals surface area contributed by atoms with Crippen molar-refractivity contribution in [2.24, 2.45) is 23.2 Å². The molecule has 0 fully saturated rings. The largest absolute Gasteiger partial charge is 0.503 e. The molecule has 0 atom stereocenters. The molecule has 0 bridgehead atoms. The van der Waals surface area contributed by atoms with Crippen LogP contribution in [0.4, 0.5) is 21.0 Å². The summed E-state index contributed by atoms with van der Waals surface area (Å²) in [4.78, 5) is 21.8. The van der Waals surface area contributed by atoms with Crippen LogP contribution in [0.1, 0.15) is 0 Å². The van der Waals surface area contributed by atoms with Gasteiger partial charge in [-0.2, -0.15) is 0 Å². The number of carbonyl (C=O) groups is 2. The minimum Gasteiger partial charge on any atom is -0.503 e. The maximum absolute atomic E-state index is 10.9. The summed E-state index contributed by atoms with van der Waals surface area (Å²) >= 11 is 0. The Bertz CT molecular complexity index is 503. The number of amides is 4. The Balaban J connectivity index is 3.51. The van der Waals surface area contributed by atoms with Crippen LogP contribution in [0.5, 0.6) is 17.2 Å². The van der Waals surface area contributed by atoms with Crippen LogP contribution in [0.25, 0.3) is 0 Å². The van der Waals surface area contributed by atoms with E-state index in [0.717, 1.165) is 6.07 Å². The Labute approximate surface area is 106 Å². The third kappa shape index (κ3) is 2.36. The van der Waals surface area contributed by atoms with Crippen LogP contribution in [0.2, 0.25) is 0 Å². The highest BCUT2D eigenvalue weighted by Crippen LogP contribution is 2.47. The molecule has 11 nitrogen and oxygen atoms in total. The quantitative estimate of drug-likeness (QED) is 0.144. The van der Waals surface area contributed by atoms with E-state index in [1.807, 2.05) is 0 Å². The molecule has 11 N–H and O–H groups in total. The number of benzene rings is 1. The Hall–Kier alpha value is -2.92. The van der Waals surface area contributed by atoms with Crippen molar-refractivity contribution >= 4 is 23.4 Å². The molecule has 0 saturated carbocycles. The number of phenolic OH excluding ortho intramolecular Hbond substituents is 3. The molecule has 0 radical (unpaired) electrons. The van der Waals surface area contributed by atoms with Crippen molar-refractivity contribution in [3.8, 4) is 17.2 Å². The summed E-state index contributed by atoms with van der Waals surface area (Å²) in [6.07, 6.45) is 0. The summed E-state index contributed by atoms with van der Waals surface area (Å²) in [5.41, 5.74) is 8.78. The maximum Gasteiger partial charge on any atom is 0.333 e. The van der Waals surface area contributed by atoms with Gasteiger partial charge in [0.2, 0.25) is 5.75 Å². The molecule has 0 aliphatic rings. The lowest BCUT2D eigenvalue weighted by molar-refractivity contribution is 0.253. The van der Waals surface area contributed by atoms with E-state index in [1.165, 1.54) is 0 Å². The van der Waals surface area contributed by atoms with E-state index in [2.05, 4.69) is 0 Å². The smallest absolute Gasteiger partial charge is 0.333 e. The minimum absolute atomic E-state index is 0.271. The first-order valence-electron chi connectivity index (χ1n) is 4.64. The van der Waals surface area contributed by atoms with Crippen molar-refractivity contribution in [3.63, 3.8) is 0 Å². The number of urea groups is 2. The van der Waals surface area contributed by atoms with Crippen LogP contribution >= 0.6 is 0 Å². The summed E-state index contributed by atoms with van der Waals surface area (Å²) in [7, 11) is 0. The van der Waals surface area contributed by atoms with Crippen LogP contribution in [0.3, 0.4) is 0 Å². The van der Waals surface area contributed by atoms with Crippen molar-refractivity contribution in [1.29, 1.82) is 0 Å². The van der Waals surface area contributed by atoms with Gasteiger partial charge in [-0.15, -0.1) is 0 Å². The van der Waals surface area contributed by atoms with E-state index in [-0.39, 0.29) is 10.0 Å². The molecule has 1 aromatic carbocycles. The van der Waals surface area contributed by atoms with Gasteiger partial charge in [-0.3, -0.25) is 0 Å². The normalized spacial score (nSPS) is 10.0. The number of hydrogen-bond donors (Lipinski definition) is 7. The molecule has 0 unspecified atom stereocenters. The molecule has 1 rings (SSSR count). The topological polar surface area (TPSA) is 205 Å². The molecule has 11 heteroatoms. The fourth-order valence-electron chi connectivity index (χ4n) is 1.23. The van der Waals surface area contributed by atoms with Crippen molar-refractivity contribution < 1.29 is 24.9 Å². The number of hydrogen-bond acceptors (Lipinski definition) is 7. The summed E-state index contributed by atoms with van der Waals surface area (Å²) in [6, 6.07) is -1.51. The maximum atomic E-state index is 10.9. The third-order valence-electron chi connectivity index (χ3n) is 2.20. The summed E-state index contributed by atoms with van der Waals surface area (Å²) in [5, 5.41) is 29.1. The standard InChI is InChI=1S/C8H12N6O5/c9-7(18)13(11)2-1-3(14(12)8(10)19)5(16)6(17)4(2)15/h1,15-17H,11-12H2,(H2,9,18)(H2,10,19). The fourth-order valence-corrected chi connectivity index (χ4v) is 1.23. The number of carbonyl (C=O) groups excluding carboxylic acids is 2. The Morgan fingerprint density at radius 3 is 1.42 bits per heavy atom. The molecule has 0 aromatic heterocycles. The molecule has 104 valence electrons. The van der Waals surface area contributed by atoms with Gasteiger partial charge in [0.05, 0.1) is 0 Å². The first-order valence-corrected chi connectivity index (χ1v) is 4.64. The van der Waals surface area contributed by atoms with Gasteiger partial charge < -0.3 is 26.8 Å². The van der Waals surface area contributed by atoms with Gasteiger partial charge in [-0.1, -0.05) is 0 Å². The Kier molecular flexibility index (Phi) is 3.54. The Morgan fingerprint density at radius 2 is 1.16 bits per heavy atom. The van der Waals surface area contributed by atoms with Gasteiger partial charge in [0.1, 0.15) is 11.4 Å². The first kappa shape index (κ1) is 14.1. The number of phenols is 3. The second kappa shape index (κ2) is 4.75. The summed E-state index contributed by atoms with van der Waals surface area (Å²) in [5.74, 6) is 7.55. The van der Waals surface area contributed by atoms with E-state index in [9.17, 15) is 24.9 Å². The fraction of sp³-hybridized carbons (Fsp3) is 0. The molecular weight excluding hydrogens is 260 g/mol. The van der Waals surface area contributed by atoms with E-state index >= 15 is 0 Å². The number of rotatable bonds is 2. The SMILES string of the molecule is NC(=O)N(N)c1cc(N(N)C(N)=O)c(O)c(O)c1O. The molecule has 0 heterocycles. The summed E-state index contributed by atoms with van der Waals surface area (Å²) in [6.45, 7) is 0. The average molecular weight is 272 g/mol. The zero-order valence-corrected chi connectivity index (χ0v) is 9.44. The molecule has 0 aliphatic heterocycles.